The van der Waals surface area contributed by atoms with Gasteiger partial charge in [0.25, 0.3) is 5.56 Å². The Bertz CT molecular complexity index is 639. The average molecular weight is 250 g/mol. The van der Waals surface area contributed by atoms with Gasteiger partial charge in [-0.1, -0.05) is 0 Å². The first kappa shape index (κ1) is 12.1. The summed E-state index contributed by atoms with van der Waals surface area (Å²) >= 11 is 0. The first-order valence-corrected chi connectivity index (χ1v) is 5.46. The molecule has 8 heteroatoms. The lowest BCUT2D eigenvalue weighted by Crippen LogP contribution is -2.40. The summed E-state index contributed by atoms with van der Waals surface area (Å²) in [7, 11) is 2.92. The van der Waals surface area contributed by atoms with Gasteiger partial charge in [0, 0.05) is 39.5 Å². The van der Waals surface area contributed by atoms with E-state index in [4.69, 9.17) is 0 Å². The number of nitrogens with one attached hydrogen (secondary N) is 2. The molecule has 0 aliphatic rings. The third-order valence-corrected chi connectivity index (χ3v) is 2.53. The van der Waals surface area contributed by atoms with Crippen LogP contribution in [0.1, 0.15) is 5.82 Å². The smallest absolute Gasteiger partial charge is 0.346 e. The second-order valence-electron chi connectivity index (χ2n) is 3.83. The van der Waals surface area contributed by atoms with Gasteiger partial charge in [-0.25, -0.2) is 14.5 Å². The number of aromatic amines is 1. The highest BCUT2D eigenvalue weighted by Crippen LogP contribution is 1.93. The fourth-order valence-corrected chi connectivity index (χ4v) is 1.54. The van der Waals surface area contributed by atoms with Crippen molar-refractivity contribution in [3.05, 3.63) is 39.1 Å². The lowest BCUT2D eigenvalue weighted by molar-refractivity contribution is 0.604. The maximum absolute atomic E-state index is 11.7. The predicted octanol–water partition coefficient (Wildman–Crippen LogP) is -1.14. The molecule has 2 rings (SSSR count). The van der Waals surface area contributed by atoms with E-state index in [1.807, 2.05) is 0 Å². The fourth-order valence-electron chi connectivity index (χ4n) is 1.54. The van der Waals surface area contributed by atoms with Crippen LogP contribution >= 0.6 is 0 Å². The zero-order valence-electron chi connectivity index (χ0n) is 10.2. The number of aryl methyl sites for hydroxylation is 1. The summed E-state index contributed by atoms with van der Waals surface area (Å²) in [6, 6.07) is 0. The lowest BCUT2D eigenvalue weighted by Gasteiger charge is -2.06. The molecule has 2 aromatic heterocycles. The van der Waals surface area contributed by atoms with Crippen LogP contribution in [0.2, 0.25) is 0 Å². The van der Waals surface area contributed by atoms with E-state index >= 15 is 0 Å². The Kier molecular flexibility index (Phi) is 3.26. The van der Waals surface area contributed by atoms with Crippen molar-refractivity contribution >= 4 is 5.82 Å². The molecule has 0 spiro atoms. The number of rotatable bonds is 4. The first-order valence-electron chi connectivity index (χ1n) is 5.46. The molecule has 0 aliphatic carbocycles. The van der Waals surface area contributed by atoms with Crippen molar-refractivity contribution in [1.29, 1.82) is 0 Å². The van der Waals surface area contributed by atoms with Crippen LogP contribution in [0.4, 0.5) is 5.82 Å². The number of nitrogens with zero attached hydrogens (tertiary/aromatic N) is 4. The van der Waals surface area contributed by atoms with Crippen LogP contribution in [0.25, 0.3) is 0 Å². The summed E-state index contributed by atoms with van der Waals surface area (Å²) in [5, 5.41) is 6.78. The van der Waals surface area contributed by atoms with Crippen LogP contribution in [0.15, 0.2) is 22.0 Å². The normalized spacial score (nSPS) is 10.6. The number of hydrogen-bond donors (Lipinski definition) is 2. The number of H-pyrrole nitrogens is 1. The largest absolute Gasteiger partial charge is 0.364 e. The Morgan fingerprint density at radius 1 is 1.39 bits per heavy atom. The second kappa shape index (κ2) is 4.86. The van der Waals surface area contributed by atoms with Crippen molar-refractivity contribution in [2.75, 3.05) is 11.9 Å². The Labute approximate surface area is 102 Å². The van der Waals surface area contributed by atoms with E-state index in [0.717, 1.165) is 15.1 Å². The molecule has 0 unspecified atom stereocenters. The molecule has 0 aromatic carbocycles. The molecule has 0 fully saturated rings. The van der Waals surface area contributed by atoms with Gasteiger partial charge in [0.05, 0.1) is 0 Å². The topological polar surface area (TPSA) is 97.6 Å². The Hall–Kier alpha value is -2.38. The van der Waals surface area contributed by atoms with Crippen LogP contribution in [0.5, 0.6) is 0 Å². The summed E-state index contributed by atoms with van der Waals surface area (Å²) < 4.78 is 2.14. The minimum atomic E-state index is -0.448. The van der Waals surface area contributed by atoms with Gasteiger partial charge >= 0.3 is 5.69 Å². The maximum Gasteiger partial charge on any atom is 0.346 e. The van der Waals surface area contributed by atoms with E-state index in [9.17, 15) is 9.59 Å². The van der Waals surface area contributed by atoms with Crippen molar-refractivity contribution in [2.45, 2.75) is 6.42 Å². The Morgan fingerprint density at radius 3 is 2.83 bits per heavy atom. The van der Waals surface area contributed by atoms with E-state index in [2.05, 4.69) is 20.4 Å². The fraction of sp³-hybridized carbons (Fsp3) is 0.400. The summed E-state index contributed by atoms with van der Waals surface area (Å²) in [6.45, 7) is 0.508. The standard InChI is InChI=1S/C10H14N6O2/c1-15-9(17)8(14-16(2)10(15)18)13-4-3-7-11-5-6-12-7/h5-6H,3-4H2,1-2H3,(H,11,12)(H,13,14). The Morgan fingerprint density at radius 2 is 2.17 bits per heavy atom. The van der Waals surface area contributed by atoms with E-state index < -0.39 is 11.2 Å². The molecular weight excluding hydrogens is 236 g/mol. The van der Waals surface area contributed by atoms with Gasteiger partial charge in [0.15, 0.2) is 0 Å². The number of imidazole rings is 1. The highest BCUT2D eigenvalue weighted by molar-refractivity contribution is 5.29. The molecule has 2 N–H and O–H groups in total. The van der Waals surface area contributed by atoms with Gasteiger partial charge in [-0.3, -0.25) is 9.36 Å². The summed E-state index contributed by atoms with van der Waals surface area (Å²) in [5.41, 5.74) is -0.880. The molecular formula is C10H14N6O2. The quantitative estimate of drug-likeness (QED) is 0.714. The zero-order chi connectivity index (χ0) is 13.1. The summed E-state index contributed by atoms with van der Waals surface area (Å²) in [6.07, 6.45) is 4.04. The molecule has 0 atom stereocenters. The van der Waals surface area contributed by atoms with E-state index in [1.54, 1.807) is 12.4 Å². The molecule has 0 radical (unpaired) electrons. The van der Waals surface area contributed by atoms with Crippen LogP contribution in [-0.4, -0.2) is 30.9 Å². The maximum atomic E-state index is 11.7. The van der Waals surface area contributed by atoms with Crippen molar-refractivity contribution in [3.8, 4) is 0 Å². The lowest BCUT2D eigenvalue weighted by atomic mass is 10.4. The summed E-state index contributed by atoms with van der Waals surface area (Å²) in [5.74, 6) is 0.982. The van der Waals surface area contributed by atoms with Crippen molar-refractivity contribution < 1.29 is 0 Å². The SMILES string of the molecule is Cn1nc(NCCc2ncc[nH]2)c(=O)n(C)c1=O. The average Bonchev–Trinajstić information content (AvgIpc) is 2.86. The van der Waals surface area contributed by atoms with Crippen LogP contribution < -0.4 is 16.6 Å². The molecule has 2 aromatic rings. The molecule has 96 valence electrons. The van der Waals surface area contributed by atoms with Gasteiger partial charge < -0.3 is 10.3 Å². The van der Waals surface area contributed by atoms with Crippen LogP contribution in [-0.2, 0) is 20.5 Å². The van der Waals surface area contributed by atoms with Crippen molar-refractivity contribution in [3.63, 3.8) is 0 Å². The third-order valence-electron chi connectivity index (χ3n) is 2.53. The monoisotopic (exact) mass is 250 g/mol. The molecule has 0 bridgehead atoms. The molecule has 2 heterocycles. The van der Waals surface area contributed by atoms with E-state index in [1.165, 1.54) is 14.1 Å². The number of aromatic nitrogens is 5. The minimum Gasteiger partial charge on any atom is -0.364 e. The van der Waals surface area contributed by atoms with Gasteiger partial charge in [0.1, 0.15) is 5.82 Å². The number of hydrogen-bond acceptors (Lipinski definition) is 5. The highest BCUT2D eigenvalue weighted by atomic mass is 16.2. The van der Waals surface area contributed by atoms with Crippen LogP contribution in [0, 0.1) is 0 Å². The first-order chi connectivity index (χ1) is 8.59. The molecule has 18 heavy (non-hydrogen) atoms. The van der Waals surface area contributed by atoms with Crippen LogP contribution in [0.3, 0.4) is 0 Å². The van der Waals surface area contributed by atoms with E-state index in [0.29, 0.717) is 13.0 Å². The van der Waals surface area contributed by atoms with Crippen molar-refractivity contribution in [2.24, 2.45) is 14.1 Å². The Balaban J connectivity index is 2.10. The van der Waals surface area contributed by atoms with Gasteiger partial charge in [0.2, 0.25) is 5.82 Å². The highest BCUT2D eigenvalue weighted by Gasteiger charge is 2.07. The van der Waals surface area contributed by atoms with E-state index in [-0.39, 0.29) is 5.82 Å². The van der Waals surface area contributed by atoms with Gasteiger partial charge in [-0.15, -0.1) is 5.10 Å². The minimum absolute atomic E-state index is 0.158. The molecule has 0 amide bonds. The predicted molar refractivity (Wildman–Crippen MR) is 65.5 cm³/mol. The van der Waals surface area contributed by atoms with Gasteiger partial charge in [-0.05, 0) is 0 Å². The van der Waals surface area contributed by atoms with Gasteiger partial charge in [-0.2, -0.15) is 0 Å². The number of anilines is 1. The molecule has 0 saturated heterocycles. The zero-order valence-corrected chi connectivity index (χ0v) is 10.2. The third kappa shape index (κ3) is 2.31. The van der Waals surface area contributed by atoms with Crippen molar-refractivity contribution in [1.82, 2.24) is 24.3 Å². The molecule has 0 aliphatic heterocycles. The molecule has 0 saturated carbocycles. The molecule has 8 nitrogen and oxygen atoms in total. The second-order valence-corrected chi connectivity index (χ2v) is 3.83. The summed E-state index contributed by atoms with van der Waals surface area (Å²) in [4.78, 5) is 30.2.